The first-order chi connectivity index (χ1) is 18.3. The number of H-pyrrole nitrogens is 2. The highest BCUT2D eigenvalue weighted by atomic mass is 32.1. The predicted octanol–water partition coefficient (Wildman–Crippen LogP) is 5.16. The van der Waals surface area contributed by atoms with Crippen molar-refractivity contribution in [2.24, 2.45) is 0 Å². The Morgan fingerprint density at radius 2 is 1.95 bits per heavy atom. The highest BCUT2D eigenvalue weighted by molar-refractivity contribution is 7.13. The lowest BCUT2D eigenvalue weighted by molar-refractivity contribution is 0.237. The highest BCUT2D eigenvalue weighted by Crippen LogP contribution is 2.33. The van der Waals surface area contributed by atoms with Crippen LogP contribution in [0.1, 0.15) is 12.8 Å². The van der Waals surface area contributed by atoms with Gasteiger partial charge in [-0.3, -0.25) is 20.0 Å². The molecule has 6 aromatic rings. The van der Waals surface area contributed by atoms with Crippen molar-refractivity contribution in [3.05, 3.63) is 60.5 Å². The van der Waals surface area contributed by atoms with E-state index >= 15 is 0 Å². The Bertz CT molecular complexity index is 1680. The molecule has 1 fully saturated rings. The molecule has 1 saturated heterocycles. The quantitative estimate of drug-likeness (QED) is 0.307. The van der Waals surface area contributed by atoms with Crippen molar-refractivity contribution in [1.82, 2.24) is 40.0 Å². The van der Waals surface area contributed by atoms with Crippen LogP contribution in [0, 0.1) is 0 Å². The van der Waals surface area contributed by atoms with Crippen molar-refractivity contribution >= 4 is 33.4 Å². The van der Waals surface area contributed by atoms with Gasteiger partial charge in [-0.1, -0.05) is 6.07 Å². The molecule has 0 spiro atoms. The number of thiophene rings is 1. The largest absolute Gasteiger partial charge is 0.491 e. The molecule has 2 N–H and O–H groups in total. The van der Waals surface area contributed by atoms with E-state index in [0.29, 0.717) is 18.1 Å². The summed E-state index contributed by atoms with van der Waals surface area (Å²) in [5.41, 5.74) is 5.90. The minimum absolute atomic E-state index is 0.627. The fourth-order valence-electron chi connectivity index (χ4n) is 4.84. The Hall–Kier alpha value is -4.15. The molecule has 0 radical (unpaired) electrons. The zero-order valence-electron chi connectivity index (χ0n) is 20.0. The van der Waals surface area contributed by atoms with Crippen LogP contribution in [0.5, 0.6) is 5.75 Å². The fourth-order valence-corrected chi connectivity index (χ4v) is 5.56. The molecule has 0 aliphatic carbocycles. The van der Waals surface area contributed by atoms with E-state index < -0.39 is 0 Å². The third kappa shape index (κ3) is 4.24. The average Bonchev–Trinajstić information content (AvgIpc) is 3.74. The smallest absolute Gasteiger partial charge is 0.181 e. The number of pyridine rings is 3. The first-order valence-electron chi connectivity index (χ1n) is 12.4. The molecule has 1 aliphatic heterocycles. The Morgan fingerprint density at radius 3 is 2.84 bits per heavy atom. The molecule has 0 unspecified atom stereocenters. The summed E-state index contributed by atoms with van der Waals surface area (Å²) in [7, 11) is 0. The number of hydrogen-bond acceptors (Lipinski definition) is 8. The number of aromatic amines is 2. The van der Waals surface area contributed by atoms with Gasteiger partial charge in [0.05, 0.1) is 22.0 Å². The molecule has 0 bridgehead atoms. The van der Waals surface area contributed by atoms with E-state index in [2.05, 4.69) is 47.2 Å². The van der Waals surface area contributed by atoms with Gasteiger partial charge in [-0.15, -0.1) is 11.3 Å². The lowest BCUT2D eigenvalue weighted by Crippen LogP contribution is -2.25. The zero-order chi connectivity index (χ0) is 24.6. The maximum atomic E-state index is 6.01. The van der Waals surface area contributed by atoms with E-state index in [-0.39, 0.29) is 0 Å². The van der Waals surface area contributed by atoms with Crippen molar-refractivity contribution in [1.29, 1.82) is 0 Å². The summed E-state index contributed by atoms with van der Waals surface area (Å²) in [5.74, 6) is 1.45. The van der Waals surface area contributed by atoms with Gasteiger partial charge < -0.3 is 9.72 Å². The molecule has 0 atom stereocenters. The van der Waals surface area contributed by atoms with Gasteiger partial charge >= 0.3 is 0 Å². The molecule has 7 heterocycles. The van der Waals surface area contributed by atoms with Gasteiger partial charge in [0.2, 0.25) is 0 Å². The van der Waals surface area contributed by atoms with E-state index in [9.17, 15) is 0 Å². The second kappa shape index (κ2) is 9.38. The van der Waals surface area contributed by atoms with Crippen molar-refractivity contribution in [3.8, 4) is 39.0 Å². The predicted molar refractivity (Wildman–Crippen MR) is 144 cm³/mol. The Morgan fingerprint density at radius 1 is 1.03 bits per heavy atom. The van der Waals surface area contributed by atoms with Gasteiger partial charge in [0.25, 0.3) is 0 Å². The number of fused-ring (bicyclic) bond motifs is 2. The van der Waals surface area contributed by atoms with Gasteiger partial charge in [0.1, 0.15) is 29.3 Å². The second-order valence-corrected chi connectivity index (χ2v) is 10.1. The van der Waals surface area contributed by atoms with E-state index in [1.54, 1.807) is 23.7 Å². The molecule has 6 aromatic heterocycles. The topological polar surface area (TPSA) is 108 Å². The molecule has 184 valence electrons. The van der Waals surface area contributed by atoms with Gasteiger partial charge in [-0.25, -0.2) is 9.97 Å². The monoisotopic (exact) mass is 508 g/mol. The van der Waals surface area contributed by atoms with Crippen LogP contribution in [-0.4, -0.2) is 66.3 Å². The van der Waals surface area contributed by atoms with Crippen LogP contribution < -0.4 is 4.74 Å². The second-order valence-electron chi connectivity index (χ2n) is 9.12. The number of imidazole rings is 1. The van der Waals surface area contributed by atoms with E-state index in [4.69, 9.17) is 9.72 Å². The molecule has 1 aliphatic rings. The zero-order valence-corrected chi connectivity index (χ0v) is 20.8. The van der Waals surface area contributed by atoms with Crippen LogP contribution in [0.2, 0.25) is 0 Å². The maximum Gasteiger partial charge on any atom is 0.181 e. The molecule has 0 amide bonds. The normalized spacial score (nSPS) is 14.2. The summed E-state index contributed by atoms with van der Waals surface area (Å²) < 4.78 is 6.01. The number of ether oxygens (including phenoxy) is 1. The minimum Gasteiger partial charge on any atom is -0.491 e. The van der Waals surface area contributed by atoms with Crippen molar-refractivity contribution in [3.63, 3.8) is 0 Å². The Labute approximate surface area is 216 Å². The SMILES string of the molecule is c1csc(-c2nccc3[nH]c(-c4[nH]nc5ncc(-c6cncc(OCCN7CCCC7)c6)cc45)nc23)c1. The van der Waals surface area contributed by atoms with Gasteiger partial charge in [0.15, 0.2) is 11.5 Å². The molecular formula is C27H24N8OS. The molecule has 9 nitrogen and oxygen atoms in total. The van der Waals surface area contributed by atoms with Gasteiger partial charge in [-0.2, -0.15) is 5.10 Å². The van der Waals surface area contributed by atoms with Gasteiger partial charge in [0, 0.05) is 36.3 Å². The summed E-state index contributed by atoms with van der Waals surface area (Å²) in [5, 5.41) is 10.5. The van der Waals surface area contributed by atoms with Crippen LogP contribution in [0.15, 0.2) is 60.5 Å². The van der Waals surface area contributed by atoms with Crippen molar-refractivity contribution in [2.75, 3.05) is 26.2 Å². The number of rotatable bonds is 7. The molecule has 0 saturated carbocycles. The van der Waals surface area contributed by atoms with Crippen molar-refractivity contribution < 1.29 is 4.74 Å². The standard InChI is InChI=1S/C27H24N8OS/c1-2-8-35(7-1)9-10-36-19-12-17(14-28-16-19)18-13-20-23(33-34-26(20)30-15-18)27-31-21-5-6-29-25(24(21)32-27)22-4-3-11-37-22/h3-6,11-16H,1-2,7-10H2,(H,31,32)(H,30,33,34). The molecule has 37 heavy (non-hydrogen) atoms. The van der Waals surface area contributed by atoms with Gasteiger partial charge in [-0.05, 0) is 55.6 Å². The number of nitrogens with one attached hydrogen (secondary N) is 2. The number of hydrogen-bond donors (Lipinski definition) is 2. The van der Waals surface area contributed by atoms with E-state index in [1.807, 2.05) is 36.0 Å². The average molecular weight is 509 g/mol. The molecule has 0 aromatic carbocycles. The lowest BCUT2D eigenvalue weighted by atomic mass is 10.1. The third-order valence-electron chi connectivity index (χ3n) is 6.72. The lowest BCUT2D eigenvalue weighted by Gasteiger charge is -2.15. The summed E-state index contributed by atoms with van der Waals surface area (Å²) >= 11 is 1.65. The first-order valence-corrected chi connectivity index (χ1v) is 13.2. The van der Waals surface area contributed by atoms with Crippen LogP contribution in [0.4, 0.5) is 0 Å². The minimum atomic E-state index is 0.627. The number of likely N-dealkylation sites (tertiary alicyclic amines) is 1. The summed E-state index contributed by atoms with van der Waals surface area (Å²) in [4.78, 5) is 25.4. The van der Waals surface area contributed by atoms with Crippen molar-refractivity contribution in [2.45, 2.75) is 12.8 Å². The Balaban J connectivity index is 1.20. The highest BCUT2D eigenvalue weighted by Gasteiger charge is 2.17. The summed E-state index contributed by atoms with van der Waals surface area (Å²) in [6, 6.07) is 10.1. The Kier molecular flexibility index (Phi) is 5.60. The first kappa shape index (κ1) is 22.1. The molecule has 10 heteroatoms. The van der Waals surface area contributed by atoms with Crippen LogP contribution in [0.25, 0.3) is 55.3 Å². The number of nitrogens with zero attached hydrogens (tertiary/aromatic N) is 6. The van der Waals surface area contributed by atoms with Crippen LogP contribution in [0.3, 0.4) is 0 Å². The molecular weight excluding hydrogens is 484 g/mol. The van der Waals surface area contributed by atoms with Crippen LogP contribution >= 0.6 is 11.3 Å². The van der Waals surface area contributed by atoms with E-state index in [1.165, 1.54) is 12.8 Å². The van der Waals surface area contributed by atoms with E-state index in [0.717, 1.165) is 69.2 Å². The maximum absolute atomic E-state index is 6.01. The third-order valence-corrected chi connectivity index (χ3v) is 7.60. The molecule has 7 rings (SSSR count). The summed E-state index contributed by atoms with van der Waals surface area (Å²) in [6.07, 6.45) is 9.77. The number of aromatic nitrogens is 7. The fraction of sp³-hybridized carbons (Fsp3) is 0.222. The summed E-state index contributed by atoms with van der Waals surface area (Å²) in [6.45, 7) is 3.93. The van der Waals surface area contributed by atoms with Crippen LogP contribution in [-0.2, 0) is 0 Å².